The molecule has 0 spiro atoms. The van der Waals surface area contributed by atoms with Crippen LogP contribution >= 0.6 is 0 Å². The lowest BCUT2D eigenvalue weighted by molar-refractivity contribution is -0.137. The molecule has 1 unspecified atom stereocenters. The molecule has 0 aromatic heterocycles. The molecule has 1 aromatic rings. The number of hydrogen-bond donors (Lipinski definition) is 1. The van der Waals surface area contributed by atoms with E-state index in [2.05, 4.69) is 5.32 Å². The third-order valence-corrected chi connectivity index (χ3v) is 3.49. The lowest BCUT2D eigenvalue weighted by Crippen LogP contribution is -2.52. The Labute approximate surface area is 112 Å². The SMILES string of the molecule is CNC(C)(C)C(=O)N(C)C(C)c1ccc(F)c(F)c1. The molecule has 0 bridgehead atoms. The molecule has 1 aromatic carbocycles. The highest BCUT2D eigenvalue weighted by Crippen LogP contribution is 2.23. The van der Waals surface area contributed by atoms with Crippen LogP contribution in [0, 0.1) is 11.6 Å². The highest BCUT2D eigenvalue weighted by atomic mass is 19.2. The Morgan fingerprint density at radius 2 is 1.89 bits per heavy atom. The number of carbonyl (C=O) groups excluding carboxylic acids is 1. The van der Waals surface area contributed by atoms with E-state index in [4.69, 9.17) is 0 Å². The Bertz CT molecular complexity index is 475. The van der Waals surface area contributed by atoms with Crippen molar-refractivity contribution in [3.05, 3.63) is 35.4 Å². The molecule has 0 radical (unpaired) electrons. The highest BCUT2D eigenvalue weighted by molar-refractivity contribution is 5.85. The van der Waals surface area contributed by atoms with Gasteiger partial charge in [-0.15, -0.1) is 0 Å². The van der Waals surface area contributed by atoms with Crippen molar-refractivity contribution >= 4 is 5.91 Å². The second-order valence-corrected chi connectivity index (χ2v) is 5.14. The van der Waals surface area contributed by atoms with Gasteiger partial charge in [-0.1, -0.05) is 6.07 Å². The van der Waals surface area contributed by atoms with Crippen LogP contribution in [0.2, 0.25) is 0 Å². The number of likely N-dealkylation sites (N-methyl/N-ethyl adjacent to an activating group) is 2. The maximum absolute atomic E-state index is 13.2. The number of hydrogen-bond acceptors (Lipinski definition) is 2. The molecule has 1 N–H and O–H groups in total. The smallest absolute Gasteiger partial charge is 0.242 e. The molecule has 1 rings (SSSR count). The number of nitrogens with one attached hydrogen (secondary N) is 1. The van der Waals surface area contributed by atoms with Gasteiger partial charge in [0, 0.05) is 7.05 Å². The number of halogens is 2. The fourth-order valence-electron chi connectivity index (χ4n) is 1.72. The second-order valence-electron chi connectivity index (χ2n) is 5.14. The van der Waals surface area contributed by atoms with Crippen LogP contribution in [0.1, 0.15) is 32.4 Å². The van der Waals surface area contributed by atoms with E-state index in [9.17, 15) is 13.6 Å². The van der Waals surface area contributed by atoms with Gasteiger partial charge in [-0.05, 0) is 45.5 Å². The van der Waals surface area contributed by atoms with Crippen molar-refractivity contribution in [2.45, 2.75) is 32.4 Å². The van der Waals surface area contributed by atoms with E-state index in [1.54, 1.807) is 34.9 Å². The fraction of sp³-hybridized carbons (Fsp3) is 0.500. The second kappa shape index (κ2) is 5.65. The molecule has 3 nitrogen and oxygen atoms in total. The number of carbonyl (C=O) groups is 1. The number of nitrogens with zero attached hydrogens (tertiary/aromatic N) is 1. The van der Waals surface area contributed by atoms with Crippen molar-refractivity contribution in [3.8, 4) is 0 Å². The minimum Gasteiger partial charge on any atom is -0.337 e. The summed E-state index contributed by atoms with van der Waals surface area (Å²) in [7, 11) is 3.35. The van der Waals surface area contributed by atoms with Gasteiger partial charge in [0.05, 0.1) is 11.6 Å². The maximum atomic E-state index is 13.2. The molecule has 1 amide bonds. The van der Waals surface area contributed by atoms with Crippen molar-refractivity contribution in [3.63, 3.8) is 0 Å². The molecule has 0 fully saturated rings. The first-order chi connectivity index (χ1) is 8.70. The average molecular weight is 270 g/mol. The zero-order valence-electron chi connectivity index (χ0n) is 11.9. The van der Waals surface area contributed by atoms with E-state index >= 15 is 0 Å². The summed E-state index contributed by atoms with van der Waals surface area (Å²) in [4.78, 5) is 13.8. The van der Waals surface area contributed by atoms with E-state index in [-0.39, 0.29) is 11.9 Å². The third kappa shape index (κ3) is 3.29. The van der Waals surface area contributed by atoms with Gasteiger partial charge < -0.3 is 10.2 Å². The summed E-state index contributed by atoms with van der Waals surface area (Å²) < 4.78 is 26.1. The van der Waals surface area contributed by atoms with Crippen LogP contribution in [-0.2, 0) is 4.79 Å². The minimum absolute atomic E-state index is 0.118. The molecule has 19 heavy (non-hydrogen) atoms. The molecule has 0 aliphatic carbocycles. The summed E-state index contributed by atoms with van der Waals surface area (Å²) in [6.45, 7) is 5.31. The quantitative estimate of drug-likeness (QED) is 0.911. The summed E-state index contributed by atoms with van der Waals surface area (Å²) in [5, 5.41) is 2.92. The van der Waals surface area contributed by atoms with Crippen LogP contribution in [-0.4, -0.2) is 30.4 Å². The summed E-state index contributed by atoms with van der Waals surface area (Å²) in [6, 6.07) is 3.34. The van der Waals surface area contributed by atoms with Crippen molar-refractivity contribution in [2.75, 3.05) is 14.1 Å². The van der Waals surface area contributed by atoms with Gasteiger partial charge in [0.25, 0.3) is 0 Å². The molecule has 0 saturated heterocycles. The van der Waals surface area contributed by atoms with Gasteiger partial charge in [0.2, 0.25) is 5.91 Å². The van der Waals surface area contributed by atoms with E-state index < -0.39 is 17.2 Å². The largest absolute Gasteiger partial charge is 0.337 e. The summed E-state index contributed by atoms with van der Waals surface area (Å²) >= 11 is 0. The topological polar surface area (TPSA) is 32.3 Å². The summed E-state index contributed by atoms with van der Waals surface area (Å²) in [5.41, 5.74) is -0.150. The van der Waals surface area contributed by atoms with Gasteiger partial charge in [-0.25, -0.2) is 8.78 Å². The predicted molar refractivity (Wildman–Crippen MR) is 70.7 cm³/mol. The van der Waals surface area contributed by atoms with Crippen LogP contribution in [0.5, 0.6) is 0 Å². The normalized spacial score (nSPS) is 13.2. The summed E-state index contributed by atoms with van der Waals surface area (Å²) in [5.74, 6) is -1.91. The van der Waals surface area contributed by atoms with Gasteiger partial charge in [0.15, 0.2) is 11.6 Å². The Morgan fingerprint density at radius 3 is 2.37 bits per heavy atom. The zero-order chi connectivity index (χ0) is 14.8. The zero-order valence-corrected chi connectivity index (χ0v) is 11.9. The predicted octanol–water partition coefficient (Wildman–Crippen LogP) is 2.48. The van der Waals surface area contributed by atoms with Crippen molar-refractivity contribution in [1.29, 1.82) is 0 Å². The Kier molecular flexibility index (Phi) is 4.63. The van der Waals surface area contributed by atoms with E-state index in [1.807, 2.05) is 0 Å². The number of benzene rings is 1. The molecule has 0 heterocycles. The molecule has 5 heteroatoms. The van der Waals surface area contributed by atoms with Crippen LogP contribution in [0.25, 0.3) is 0 Å². The Morgan fingerprint density at radius 1 is 1.32 bits per heavy atom. The van der Waals surface area contributed by atoms with E-state index in [0.717, 1.165) is 12.1 Å². The van der Waals surface area contributed by atoms with Crippen molar-refractivity contribution in [1.82, 2.24) is 10.2 Å². The van der Waals surface area contributed by atoms with Gasteiger partial charge >= 0.3 is 0 Å². The minimum atomic E-state index is -0.905. The monoisotopic (exact) mass is 270 g/mol. The summed E-state index contributed by atoms with van der Waals surface area (Å²) in [6.07, 6.45) is 0. The van der Waals surface area contributed by atoms with Gasteiger partial charge in [-0.3, -0.25) is 4.79 Å². The Hall–Kier alpha value is -1.49. The lowest BCUT2D eigenvalue weighted by atomic mass is 10.0. The van der Waals surface area contributed by atoms with E-state index in [1.165, 1.54) is 11.0 Å². The molecular weight excluding hydrogens is 250 g/mol. The fourth-order valence-corrected chi connectivity index (χ4v) is 1.72. The molecule has 106 valence electrons. The van der Waals surface area contributed by atoms with Gasteiger partial charge in [-0.2, -0.15) is 0 Å². The van der Waals surface area contributed by atoms with Crippen LogP contribution in [0.3, 0.4) is 0 Å². The average Bonchev–Trinajstić information content (AvgIpc) is 2.39. The highest BCUT2D eigenvalue weighted by Gasteiger charge is 2.31. The van der Waals surface area contributed by atoms with Gasteiger partial charge in [0.1, 0.15) is 0 Å². The van der Waals surface area contributed by atoms with E-state index in [0.29, 0.717) is 5.56 Å². The molecule has 0 aliphatic heterocycles. The standard InChI is InChI=1S/C14H20F2N2O/c1-9(10-6-7-11(15)12(16)8-10)18(5)13(19)14(2,3)17-4/h6-9,17H,1-5H3. The van der Waals surface area contributed by atoms with Crippen molar-refractivity contribution < 1.29 is 13.6 Å². The third-order valence-electron chi connectivity index (χ3n) is 3.49. The first kappa shape index (κ1) is 15.6. The number of rotatable bonds is 4. The maximum Gasteiger partial charge on any atom is 0.242 e. The Balaban J connectivity index is 2.96. The molecular formula is C14H20F2N2O. The lowest BCUT2D eigenvalue weighted by Gasteiger charge is -2.33. The molecule has 1 atom stereocenters. The van der Waals surface area contributed by atoms with Crippen LogP contribution < -0.4 is 5.32 Å². The van der Waals surface area contributed by atoms with Crippen LogP contribution in [0.15, 0.2) is 18.2 Å². The first-order valence-corrected chi connectivity index (χ1v) is 6.12. The van der Waals surface area contributed by atoms with Crippen molar-refractivity contribution in [2.24, 2.45) is 0 Å². The molecule has 0 aliphatic rings. The van der Waals surface area contributed by atoms with Crippen LogP contribution in [0.4, 0.5) is 8.78 Å². The first-order valence-electron chi connectivity index (χ1n) is 6.12. The number of amides is 1. The molecule has 0 saturated carbocycles.